The Kier molecular flexibility index (Phi) is 7.87. The molecule has 1 saturated heterocycles. The summed E-state index contributed by atoms with van der Waals surface area (Å²) in [5, 5.41) is 3.97. The maximum atomic E-state index is 14.3. The number of halogens is 2. The number of piperidine rings is 1. The molecule has 0 bridgehead atoms. The molecular weight excluding hydrogens is 473 g/mol. The van der Waals surface area contributed by atoms with Gasteiger partial charge in [0, 0.05) is 35.5 Å². The third kappa shape index (κ3) is 6.10. The van der Waals surface area contributed by atoms with Gasteiger partial charge in [0.25, 0.3) is 0 Å². The summed E-state index contributed by atoms with van der Waals surface area (Å²) in [4.78, 5) is 24.9. The van der Waals surface area contributed by atoms with Crippen LogP contribution in [0.25, 0.3) is 10.9 Å². The fourth-order valence-corrected chi connectivity index (χ4v) is 4.32. The number of nitrogens with zero attached hydrogens (tertiary/aromatic N) is 4. The molecule has 1 atom stereocenters. The predicted octanol–water partition coefficient (Wildman–Crippen LogP) is 4.35. The van der Waals surface area contributed by atoms with E-state index in [1.165, 1.54) is 12.4 Å². The largest absolute Gasteiger partial charge is 0.493 e. The van der Waals surface area contributed by atoms with E-state index in [0.717, 1.165) is 19.4 Å². The molecule has 1 aliphatic rings. The lowest BCUT2D eigenvalue weighted by atomic mass is 9.99. The monoisotopic (exact) mass is 501 g/mol. The molecule has 1 N–H and O–H groups in total. The molecule has 1 aliphatic heterocycles. The highest BCUT2D eigenvalue weighted by Crippen LogP contribution is 2.35. The molecular formula is C25H29ClFN5O3. The van der Waals surface area contributed by atoms with Gasteiger partial charge in [-0.1, -0.05) is 11.6 Å². The number of carbonyl (C=O) groups is 1. The van der Waals surface area contributed by atoms with Crippen molar-refractivity contribution in [2.75, 3.05) is 52.8 Å². The number of aromatic nitrogens is 2. The highest BCUT2D eigenvalue weighted by Gasteiger charge is 2.25. The van der Waals surface area contributed by atoms with Crippen LogP contribution >= 0.6 is 11.6 Å². The van der Waals surface area contributed by atoms with Crippen LogP contribution in [0.4, 0.5) is 15.9 Å². The Morgan fingerprint density at radius 3 is 2.83 bits per heavy atom. The van der Waals surface area contributed by atoms with Gasteiger partial charge in [0.2, 0.25) is 5.91 Å². The number of ether oxygens (including phenoxy) is 2. The van der Waals surface area contributed by atoms with Crippen LogP contribution in [0.2, 0.25) is 5.02 Å². The van der Waals surface area contributed by atoms with E-state index in [-0.39, 0.29) is 17.5 Å². The molecule has 0 aliphatic carbocycles. The standard InChI is InChI=1S/C25H29ClFN5O3/c1-31(2)13-24(33)32-8-4-5-16(12-32)14-35-23-11-21-18(10-22(23)34-3)25(29-15-28-21)30-20-7-6-17(26)9-19(20)27/h6-7,9-11,15-16H,4-5,8,12-14H2,1-3H3,(H,28,29,30)/t16-/m0/s1. The first-order valence-corrected chi connectivity index (χ1v) is 11.8. The molecule has 10 heteroatoms. The van der Waals surface area contributed by atoms with E-state index in [9.17, 15) is 9.18 Å². The molecule has 3 aromatic rings. The summed E-state index contributed by atoms with van der Waals surface area (Å²) in [5.74, 6) is 1.38. The second-order valence-corrected chi connectivity index (χ2v) is 9.32. The SMILES string of the molecule is COc1cc2c(Nc3ccc(Cl)cc3F)ncnc2cc1OC[C@H]1CCCN(C(=O)CN(C)C)C1. The summed E-state index contributed by atoms with van der Waals surface area (Å²) in [7, 11) is 5.35. The first-order valence-electron chi connectivity index (χ1n) is 11.4. The minimum absolute atomic E-state index is 0.136. The van der Waals surface area contributed by atoms with Gasteiger partial charge in [-0.15, -0.1) is 0 Å². The van der Waals surface area contributed by atoms with Crippen LogP contribution in [0.1, 0.15) is 12.8 Å². The number of carbonyl (C=O) groups excluding carboxylic acids is 1. The molecule has 0 radical (unpaired) electrons. The van der Waals surface area contributed by atoms with Crippen molar-refractivity contribution in [3.05, 3.63) is 47.5 Å². The number of hydrogen-bond acceptors (Lipinski definition) is 7. The number of likely N-dealkylation sites (N-methyl/N-ethyl adjacent to an activating group) is 1. The van der Waals surface area contributed by atoms with Crippen molar-refractivity contribution in [2.24, 2.45) is 5.92 Å². The van der Waals surface area contributed by atoms with Gasteiger partial charge in [-0.3, -0.25) is 4.79 Å². The highest BCUT2D eigenvalue weighted by molar-refractivity contribution is 6.30. The summed E-state index contributed by atoms with van der Waals surface area (Å²) in [5.41, 5.74) is 0.874. The van der Waals surface area contributed by atoms with Crippen molar-refractivity contribution in [3.63, 3.8) is 0 Å². The van der Waals surface area contributed by atoms with Gasteiger partial charge in [-0.05, 0) is 51.2 Å². The van der Waals surface area contributed by atoms with Crippen LogP contribution in [0.3, 0.4) is 0 Å². The lowest BCUT2D eigenvalue weighted by Gasteiger charge is -2.33. The second kappa shape index (κ2) is 11.0. The number of amides is 1. The number of nitrogens with one attached hydrogen (secondary N) is 1. The molecule has 1 fully saturated rings. The van der Waals surface area contributed by atoms with Gasteiger partial charge >= 0.3 is 0 Å². The van der Waals surface area contributed by atoms with Crippen molar-refractivity contribution in [1.29, 1.82) is 0 Å². The van der Waals surface area contributed by atoms with Crippen LogP contribution in [0.5, 0.6) is 11.5 Å². The average Bonchev–Trinajstić information content (AvgIpc) is 2.83. The Morgan fingerprint density at radius 1 is 1.26 bits per heavy atom. The zero-order chi connectivity index (χ0) is 24.9. The van der Waals surface area contributed by atoms with E-state index >= 15 is 0 Å². The summed E-state index contributed by atoms with van der Waals surface area (Å²) in [6.07, 6.45) is 3.35. The predicted molar refractivity (Wildman–Crippen MR) is 134 cm³/mol. The second-order valence-electron chi connectivity index (χ2n) is 8.89. The minimum Gasteiger partial charge on any atom is -0.493 e. The third-order valence-corrected chi connectivity index (χ3v) is 6.14. The van der Waals surface area contributed by atoms with Crippen molar-refractivity contribution >= 4 is 39.9 Å². The van der Waals surface area contributed by atoms with Gasteiger partial charge in [0.1, 0.15) is 18.0 Å². The lowest BCUT2D eigenvalue weighted by Crippen LogP contribution is -2.44. The molecule has 8 nitrogen and oxygen atoms in total. The molecule has 2 aromatic carbocycles. The Balaban J connectivity index is 1.50. The normalized spacial score (nSPS) is 15.9. The number of hydrogen-bond donors (Lipinski definition) is 1. The lowest BCUT2D eigenvalue weighted by molar-refractivity contribution is -0.133. The van der Waals surface area contributed by atoms with Gasteiger partial charge in [-0.2, -0.15) is 0 Å². The number of likely N-dealkylation sites (tertiary alicyclic amines) is 1. The van der Waals surface area contributed by atoms with Gasteiger partial charge in [-0.25, -0.2) is 14.4 Å². The quantitative estimate of drug-likeness (QED) is 0.491. The smallest absolute Gasteiger partial charge is 0.236 e. The van der Waals surface area contributed by atoms with E-state index in [4.69, 9.17) is 21.1 Å². The Hall–Kier alpha value is -3.17. The van der Waals surface area contributed by atoms with Crippen LogP contribution in [0, 0.1) is 11.7 Å². The number of methoxy groups -OCH3 is 1. The average molecular weight is 502 g/mol. The number of fused-ring (bicyclic) bond motifs is 1. The summed E-state index contributed by atoms with van der Waals surface area (Å²) >= 11 is 5.86. The minimum atomic E-state index is -0.484. The molecule has 186 valence electrons. The highest BCUT2D eigenvalue weighted by atomic mass is 35.5. The Labute approximate surface area is 209 Å². The first-order chi connectivity index (χ1) is 16.8. The topological polar surface area (TPSA) is 79.8 Å². The molecule has 0 spiro atoms. The van der Waals surface area contributed by atoms with E-state index in [2.05, 4.69) is 15.3 Å². The molecule has 4 rings (SSSR count). The fourth-order valence-electron chi connectivity index (χ4n) is 4.16. The van der Waals surface area contributed by atoms with Crippen molar-refractivity contribution in [2.45, 2.75) is 12.8 Å². The van der Waals surface area contributed by atoms with Crippen LogP contribution in [-0.4, -0.2) is 73.1 Å². The molecule has 1 aromatic heterocycles. The number of anilines is 2. The zero-order valence-electron chi connectivity index (χ0n) is 20.1. The van der Waals surface area contributed by atoms with Crippen molar-refractivity contribution in [1.82, 2.24) is 19.8 Å². The van der Waals surface area contributed by atoms with E-state index in [0.29, 0.717) is 52.9 Å². The summed E-state index contributed by atoms with van der Waals surface area (Å²) in [6.45, 7) is 2.32. The maximum Gasteiger partial charge on any atom is 0.236 e. The van der Waals surface area contributed by atoms with E-state index in [1.54, 1.807) is 31.4 Å². The van der Waals surface area contributed by atoms with Gasteiger partial charge in [0.15, 0.2) is 11.5 Å². The van der Waals surface area contributed by atoms with Crippen LogP contribution < -0.4 is 14.8 Å². The van der Waals surface area contributed by atoms with Gasteiger partial charge in [0.05, 0.1) is 31.5 Å². The maximum absolute atomic E-state index is 14.3. The fraction of sp³-hybridized carbons (Fsp3) is 0.400. The molecule has 1 amide bonds. The zero-order valence-corrected chi connectivity index (χ0v) is 20.8. The molecule has 2 heterocycles. The van der Waals surface area contributed by atoms with E-state index in [1.807, 2.05) is 23.9 Å². The van der Waals surface area contributed by atoms with Crippen LogP contribution in [-0.2, 0) is 4.79 Å². The Morgan fingerprint density at radius 2 is 2.09 bits per heavy atom. The number of rotatable bonds is 8. The third-order valence-electron chi connectivity index (χ3n) is 5.90. The summed E-state index contributed by atoms with van der Waals surface area (Å²) < 4.78 is 26.0. The summed E-state index contributed by atoms with van der Waals surface area (Å²) in [6, 6.07) is 7.95. The molecule has 0 unspecified atom stereocenters. The number of benzene rings is 2. The van der Waals surface area contributed by atoms with Crippen molar-refractivity contribution < 1.29 is 18.7 Å². The van der Waals surface area contributed by atoms with E-state index < -0.39 is 5.82 Å². The van der Waals surface area contributed by atoms with Crippen molar-refractivity contribution in [3.8, 4) is 11.5 Å². The molecule has 35 heavy (non-hydrogen) atoms. The van der Waals surface area contributed by atoms with Gasteiger partial charge < -0.3 is 24.6 Å². The molecule has 0 saturated carbocycles. The first kappa shape index (κ1) is 24.9. The van der Waals surface area contributed by atoms with Crippen LogP contribution in [0.15, 0.2) is 36.7 Å². The Bertz CT molecular complexity index is 1210.